The molecule has 4 heteroatoms. The van der Waals surface area contributed by atoms with E-state index in [1.54, 1.807) is 12.1 Å². The van der Waals surface area contributed by atoms with Crippen molar-refractivity contribution in [2.75, 3.05) is 0 Å². The first-order valence-electron chi connectivity index (χ1n) is 6.96. The van der Waals surface area contributed by atoms with Gasteiger partial charge in [-0.15, -0.1) is 0 Å². The van der Waals surface area contributed by atoms with Crippen molar-refractivity contribution < 1.29 is 10.0 Å². The lowest BCUT2D eigenvalue weighted by Gasteiger charge is -2.11. The Bertz CT molecular complexity index is 802. The molecule has 0 bridgehead atoms. The number of hydrogen-bond acceptors (Lipinski definition) is 2. The largest absolute Gasteiger partial charge is 0.489 e. The quantitative estimate of drug-likeness (QED) is 0.729. The molecule has 0 saturated carbocycles. The van der Waals surface area contributed by atoms with E-state index in [1.807, 2.05) is 60.7 Å². The Morgan fingerprint density at radius 1 is 0.682 bits per heavy atom. The molecule has 3 aromatic carbocycles. The van der Waals surface area contributed by atoms with Gasteiger partial charge in [0, 0.05) is 5.02 Å². The fourth-order valence-corrected chi connectivity index (χ4v) is 2.71. The van der Waals surface area contributed by atoms with E-state index in [9.17, 15) is 10.0 Å². The van der Waals surface area contributed by atoms with Crippen LogP contribution in [0.5, 0.6) is 0 Å². The van der Waals surface area contributed by atoms with Crippen LogP contribution in [0.3, 0.4) is 0 Å². The SMILES string of the molecule is OB(O)c1ccccc1-c1cccc(-c2cccc(Cl)c2)c1. The molecule has 2 N–H and O–H groups in total. The van der Waals surface area contributed by atoms with Gasteiger partial charge in [-0.25, -0.2) is 0 Å². The highest BCUT2D eigenvalue weighted by molar-refractivity contribution is 6.60. The summed E-state index contributed by atoms with van der Waals surface area (Å²) in [4.78, 5) is 0. The minimum absolute atomic E-state index is 0.491. The van der Waals surface area contributed by atoms with Crippen LogP contribution >= 0.6 is 11.6 Å². The highest BCUT2D eigenvalue weighted by Crippen LogP contribution is 2.27. The van der Waals surface area contributed by atoms with Crippen LogP contribution in [0.25, 0.3) is 22.3 Å². The zero-order valence-electron chi connectivity index (χ0n) is 11.8. The van der Waals surface area contributed by atoms with Crippen LogP contribution in [-0.2, 0) is 0 Å². The molecule has 3 rings (SSSR count). The van der Waals surface area contributed by atoms with Gasteiger partial charge in [-0.05, 0) is 45.9 Å². The van der Waals surface area contributed by atoms with Gasteiger partial charge in [0.25, 0.3) is 0 Å². The molecule has 0 amide bonds. The smallest absolute Gasteiger partial charge is 0.423 e. The van der Waals surface area contributed by atoms with Crippen molar-refractivity contribution in [1.29, 1.82) is 0 Å². The Morgan fingerprint density at radius 2 is 1.32 bits per heavy atom. The summed E-state index contributed by atoms with van der Waals surface area (Å²) in [7, 11) is -1.49. The van der Waals surface area contributed by atoms with E-state index in [1.165, 1.54) is 0 Å². The van der Waals surface area contributed by atoms with Crippen molar-refractivity contribution in [3.05, 3.63) is 77.8 Å². The van der Waals surface area contributed by atoms with Gasteiger partial charge in [-0.1, -0.05) is 66.2 Å². The average molecular weight is 309 g/mol. The van der Waals surface area contributed by atoms with E-state index < -0.39 is 7.12 Å². The molecule has 0 fully saturated rings. The number of halogens is 1. The van der Waals surface area contributed by atoms with E-state index >= 15 is 0 Å². The fourth-order valence-electron chi connectivity index (χ4n) is 2.52. The van der Waals surface area contributed by atoms with Crippen LogP contribution < -0.4 is 5.46 Å². The number of benzene rings is 3. The van der Waals surface area contributed by atoms with Gasteiger partial charge in [0.1, 0.15) is 0 Å². The minimum Gasteiger partial charge on any atom is -0.423 e. The summed E-state index contributed by atoms with van der Waals surface area (Å²) < 4.78 is 0. The molecular formula is C18H14BClO2. The Balaban J connectivity index is 2.09. The Hall–Kier alpha value is -2.07. The molecule has 0 aliphatic heterocycles. The molecule has 0 aliphatic carbocycles. The maximum Gasteiger partial charge on any atom is 0.489 e. The van der Waals surface area contributed by atoms with Crippen LogP contribution in [0.1, 0.15) is 0 Å². The van der Waals surface area contributed by atoms with Gasteiger partial charge in [0.05, 0.1) is 0 Å². The van der Waals surface area contributed by atoms with E-state index in [2.05, 4.69) is 0 Å². The van der Waals surface area contributed by atoms with Crippen molar-refractivity contribution in [1.82, 2.24) is 0 Å². The molecule has 0 spiro atoms. The molecule has 0 unspecified atom stereocenters. The molecule has 0 aliphatic rings. The lowest BCUT2D eigenvalue weighted by molar-refractivity contribution is 0.426. The third-order valence-corrected chi connectivity index (χ3v) is 3.81. The maximum absolute atomic E-state index is 9.53. The van der Waals surface area contributed by atoms with Crippen LogP contribution in [0.15, 0.2) is 72.8 Å². The topological polar surface area (TPSA) is 40.5 Å². The molecule has 22 heavy (non-hydrogen) atoms. The molecule has 2 nitrogen and oxygen atoms in total. The predicted octanol–water partition coefficient (Wildman–Crippen LogP) is 3.35. The minimum atomic E-state index is -1.49. The van der Waals surface area contributed by atoms with Crippen molar-refractivity contribution in [3.8, 4) is 22.3 Å². The summed E-state index contributed by atoms with van der Waals surface area (Å²) in [6.45, 7) is 0. The van der Waals surface area contributed by atoms with Crippen LogP contribution in [0, 0.1) is 0 Å². The number of hydrogen-bond donors (Lipinski definition) is 2. The molecule has 0 saturated heterocycles. The molecule has 108 valence electrons. The van der Waals surface area contributed by atoms with E-state index in [0.29, 0.717) is 10.5 Å². The van der Waals surface area contributed by atoms with Gasteiger partial charge < -0.3 is 10.0 Å². The Morgan fingerprint density at radius 3 is 2.05 bits per heavy atom. The molecular weight excluding hydrogens is 294 g/mol. The van der Waals surface area contributed by atoms with Gasteiger partial charge in [0.2, 0.25) is 0 Å². The molecule has 3 aromatic rings. The molecule has 0 heterocycles. The normalized spacial score (nSPS) is 10.5. The lowest BCUT2D eigenvalue weighted by Crippen LogP contribution is -2.31. The Labute approximate surface area is 134 Å². The summed E-state index contributed by atoms with van der Waals surface area (Å²) in [5.41, 5.74) is 4.28. The van der Waals surface area contributed by atoms with E-state index in [-0.39, 0.29) is 0 Å². The summed E-state index contributed by atoms with van der Waals surface area (Å²) >= 11 is 6.05. The predicted molar refractivity (Wildman–Crippen MR) is 92.1 cm³/mol. The van der Waals surface area contributed by atoms with Crippen molar-refractivity contribution in [3.63, 3.8) is 0 Å². The second kappa shape index (κ2) is 6.36. The summed E-state index contributed by atoms with van der Waals surface area (Å²) in [6.07, 6.45) is 0. The third-order valence-electron chi connectivity index (χ3n) is 3.57. The van der Waals surface area contributed by atoms with Crippen molar-refractivity contribution in [2.45, 2.75) is 0 Å². The molecule has 0 atom stereocenters. The summed E-state index contributed by atoms with van der Waals surface area (Å²) in [6, 6.07) is 22.9. The van der Waals surface area contributed by atoms with Crippen molar-refractivity contribution in [2.24, 2.45) is 0 Å². The summed E-state index contributed by atoms with van der Waals surface area (Å²) in [5, 5.41) is 19.7. The van der Waals surface area contributed by atoms with Crippen LogP contribution in [0.2, 0.25) is 5.02 Å². The fraction of sp³-hybridized carbons (Fsp3) is 0. The third kappa shape index (κ3) is 3.07. The second-order valence-electron chi connectivity index (χ2n) is 5.05. The van der Waals surface area contributed by atoms with E-state index in [0.717, 1.165) is 22.3 Å². The first kappa shape index (κ1) is 14.9. The zero-order valence-corrected chi connectivity index (χ0v) is 12.5. The van der Waals surface area contributed by atoms with Gasteiger partial charge in [-0.2, -0.15) is 0 Å². The maximum atomic E-state index is 9.53. The van der Waals surface area contributed by atoms with Gasteiger partial charge in [-0.3, -0.25) is 0 Å². The lowest BCUT2D eigenvalue weighted by atomic mass is 9.75. The number of rotatable bonds is 3. The van der Waals surface area contributed by atoms with Crippen LogP contribution in [0.4, 0.5) is 0 Å². The first-order valence-corrected chi connectivity index (χ1v) is 7.34. The van der Waals surface area contributed by atoms with Crippen LogP contribution in [-0.4, -0.2) is 17.2 Å². The monoisotopic (exact) mass is 308 g/mol. The summed E-state index contributed by atoms with van der Waals surface area (Å²) in [5.74, 6) is 0. The van der Waals surface area contributed by atoms with Gasteiger partial charge >= 0.3 is 7.12 Å². The Kier molecular flexibility index (Phi) is 4.30. The zero-order chi connectivity index (χ0) is 15.5. The van der Waals surface area contributed by atoms with Gasteiger partial charge in [0.15, 0.2) is 0 Å². The molecule has 0 radical (unpaired) electrons. The van der Waals surface area contributed by atoms with E-state index in [4.69, 9.17) is 11.6 Å². The first-order chi connectivity index (χ1) is 10.6. The second-order valence-corrected chi connectivity index (χ2v) is 5.49. The standard InChI is InChI=1S/C18H14BClO2/c20-16-8-4-6-14(12-16)13-5-3-7-15(11-13)17-9-1-2-10-18(17)19(21)22/h1-12,21-22H. The highest BCUT2D eigenvalue weighted by Gasteiger charge is 2.16. The highest BCUT2D eigenvalue weighted by atomic mass is 35.5. The molecule has 0 aromatic heterocycles. The average Bonchev–Trinajstić information content (AvgIpc) is 2.55. The van der Waals surface area contributed by atoms with Crippen molar-refractivity contribution >= 4 is 24.2 Å².